The van der Waals surface area contributed by atoms with Gasteiger partial charge in [-0.15, -0.1) is 0 Å². The SMILES string of the molecule is CCCNC(C)(CO)CCCN(CC(C)C)CC(C)C. The minimum atomic E-state index is -0.114. The second kappa shape index (κ2) is 10.6. The third-order valence-electron chi connectivity index (χ3n) is 3.60. The lowest BCUT2D eigenvalue weighted by Gasteiger charge is -2.31. The third kappa shape index (κ3) is 9.73. The highest BCUT2D eigenvalue weighted by Gasteiger charge is 2.22. The highest BCUT2D eigenvalue weighted by Crippen LogP contribution is 2.13. The quantitative estimate of drug-likeness (QED) is 0.578. The first kappa shape index (κ1) is 19.9. The molecule has 0 bridgehead atoms. The van der Waals surface area contributed by atoms with Crippen molar-refractivity contribution in [1.29, 1.82) is 0 Å². The maximum Gasteiger partial charge on any atom is 0.0610 e. The van der Waals surface area contributed by atoms with E-state index in [1.807, 2.05) is 0 Å². The van der Waals surface area contributed by atoms with Crippen molar-refractivity contribution >= 4 is 0 Å². The van der Waals surface area contributed by atoms with Gasteiger partial charge in [-0.2, -0.15) is 0 Å². The Balaban J connectivity index is 4.18. The van der Waals surface area contributed by atoms with Gasteiger partial charge in [-0.25, -0.2) is 0 Å². The Bertz CT molecular complexity index is 221. The molecule has 0 aromatic carbocycles. The zero-order valence-electron chi connectivity index (χ0n) is 14.7. The number of hydrogen-bond donors (Lipinski definition) is 2. The van der Waals surface area contributed by atoms with Crippen molar-refractivity contribution in [2.75, 3.05) is 32.8 Å². The van der Waals surface area contributed by atoms with Gasteiger partial charge in [0.1, 0.15) is 0 Å². The van der Waals surface area contributed by atoms with Crippen LogP contribution in [0.2, 0.25) is 0 Å². The van der Waals surface area contributed by atoms with Crippen molar-refractivity contribution in [3.63, 3.8) is 0 Å². The second-order valence-corrected chi connectivity index (χ2v) is 7.30. The van der Waals surface area contributed by atoms with Crippen LogP contribution < -0.4 is 5.32 Å². The number of nitrogens with one attached hydrogen (secondary N) is 1. The van der Waals surface area contributed by atoms with Crippen LogP contribution in [-0.4, -0.2) is 48.3 Å². The molecule has 1 unspecified atom stereocenters. The Hall–Kier alpha value is -0.120. The van der Waals surface area contributed by atoms with Crippen molar-refractivity contribution in [2.24, 2.45) is 11.8 Å². The van der Waals surface area contributed by atoms with Crippen LogP contribution in [0, 0.1) is 11.8 Å². The summed E-state index contributed by atoms with van der Waals surface area (Å²) >= 11 is 0. The van der Waals surface area contributed by atoms with Gasteiger partial charge in [-0.05, 0) is 51.1 Å². The lowest BCUT2D eigenvalue weighted by molar-refractivity contribution is 0.151. The summed E-state index contributed by atoms with van der Waals surface area (Å²) in [6.45, 7) is 18.1. The Morgan fingerprint density at radius 1 is 1.10 bits per heavy atom. The molecule has 0 heterocycles. The van der Waals surface area contributed by atoms with Crippen molar-refractivity contribution < 1.29 is 5.11 Å². The molecule has 0 aromatic rings. The first-order chi connectivity index (χ1) is 9.33. The summed E-state index contributed by atoms with van der Waals surface area (Å²) < 4.78 is 0. The van der Waals surface area contributed by atoms with E-state index in [1.54, 1.807) is 0 Å². The molecule has 122 valence electrons. The predicted octanol–water partition coefficient (Wildman–Crippen LogP) is 3.13. The number of hydrogen-bond acceptors (Lipinski definition) is 3. The molecular formula is C17H38N2O. The molecule has 0 rings (SSSR count). The minimum absolute atomic E-state index is 0.114. The van der Waals surface area contributed by atoms with Gasteiger partial charge in [0.15, 0.2) is 0 Å². The lowest BCUT2D eigenvalue weighted by Crippen LogP contribution is -2.46. The molecule has 2 N–H and O–H groups in total. The van der Waals surface area contributed by atoms with Gasteiger partial charge in [0, 0.05) is 18.6 Å². The summed E-state index contributed by atoms with van der Waals surface area (Å²) in [6, 6.07) is 0. The van der Waals surface area contributed by atoms with Crippen LogP contribution >= 0.6 is 0 Å². The van der Waals surface area contributed by atoms with Crippen molar-refractivity contribution in [3.8, 4) is 0 Å². The Morgan fingerprint density at radius 3 is 2.05 bits per heavy atom. The van der Waals surface area contributed by atoms with Gasteiger partial charge < -0.3 is 15.3 Å². The summed E-state index contributed by atoms with van der Waals surface area (Å²) in [6.07, 6.45) is 3.30. The first-order valence-corrected chi connectivity index (χ1v) is 8.41. The predicted molar refractivity (Wildman–Crippen MR) is 89.1 cm³/mol. The first-order valence-electron chi connectivity index (χ1n) is 8.41. The molecule has 1 atom stereocenters. The van der Waals surface area contributed by atoms with E-state index in [9.17, 15) is 5.11 Å². The highest BCUT2D eigenvalue weighted by atomic mass is 16.3. The molecule has 0 amide bonds. The van der Waals surface area contributed by atoms with E-state index in [0.717, 1.165) is 44.2 Å². The lowest BCUT2D eigenvalue weighted by atomic mass is 9.96. The van der Waals surface area contributed by atoms with Crippen molar-refractivity contribution in [2.45, 2.75) is 66.3 Å². The van der Waals surface area contributed by atoms with Crippen LogP contribution in [0.5, 0.6) is 0 Å². The average Bonchev–Trinajstić information content (AvgIpc) is 2.34. The minimum Gasteiger partial charge on any atom is -0.394 e. The summed E-state index contributed by atoms with van der Waals surface area (Å²) in [5, 5.41) is 13.1. The molecule has 0 spiro atoms. The molecule has 20 heavy (non-hydrogen) atoms. The maximum atomic E-state index is 9.59. The zero-order chi connectivity index (χ0) is 15.6. The topological polar surface area (TPSA) is 35.5 Å². The van der Waals surface area contributed by atoms with Crippen LogP contribution in [0.3, 0.4) is 0 Å². The molecule has 0 fully saturated rings. The summed E-state index contributed by atoms with van der Waals surface area (Å²) in [5.41, 5.74) is -0.114. The van der Waals surface area contributed by atoms with Gasteiger partial charge in [-0.1, -0.05) is 34.6 Å². The van der Waals surface area contributed by atoms with E-state index >= 15 is 0 Å². The van der Waals surface area contributed by atoms with Crippen molar-refractivity contribution in [3.05, 3.63) is 0 Å². The second-order valence-electron chi connectivity index (χ2n) is 7.30. The molecule has 0 aliphatic rings. The Kier molecular flexibility index (Phi) is 10.5. The van der Waals surface area contributed by atoms with Crippen LogP contribution in [0.25, 0.3) is 0 Å². The van der Waals surface area contributed by atoms with E-state index in [0.29, 0.717) is 0 Å². The fourth-order valence-corrected chi connectivity index (χ4v) is 2.63. The molecule has 0 aliphatic heterocycles. The third-order valence-corrected chi connectivity index (χ3v) is 3.60. The van der Waals surface area contributed by atoms with Gasteiger partial charge in [0.2, 0.25) is 0 Å². The maximum absolute atomic E-state index is 9.59. The van der Waals surface area contributed by atoms with Gasteiger partial charge in [0.25, 0.3) is 0 Å². The molecule has 0 aromatic heterocycles. The number of aliphatic hydroxyl groups excluding tert-OH is 1. The van der Waals surface area contributed by atoms with E-state index in [-0.39, 0.29) is 12.1 Å². The molecule has 3 heteroatoms. The van der Waals surface area contributed by atoms with E-state index < -0.39 is 0 Å². The Morgan fingerprint density at radius 2 is 1.65 bits per heavy atom. The fraction of sp³-hybridized carbons (Fsp3) is 1.00. The van der Waals surface area contributed by atoms with Crippen molar-refractivity contribution in [1.82, 2.24) is 10.2 Å². The van der Waals surface area contributed by atoms with E-state index in [2.05, 4.69) is 51.8 Å². The molecule has 3 nitrogen and oxygen atoms in total. The van der Waals surface area contributed by atoms with Gasteiger partial charge >= 0.3 is 0 Å². The van der Waals surface area contributed by atoms with E-state index in [1.165, 1.54) is 13.1 Å². The number of aliphatic hydroxyl groups is 1. The van der Waals surface area contributed by atoms with Crippen LogP contribution in [0.15, 0.2) is 0 Å². The zero-order valence-corrected chi connectivity index (χ0v) is 14.7. The molecule has 0 radical (unpaired) electrons. The number of rotatable bonds is 12. The summed E-state index contributed by atoms with van der Waals surface area (Å²) in [5.74, 6) is 1.44. The average molecular weight is 287 g/mol. The van der Waals surface area contributed by atoms with Crippen LogP contribution in [-0.2, 0) is 0 Å². The van der Waals surface area contributed by atoms with Crippen LogP contribution in [0.4, 0.5) is 0 Å². The molecule has 0 saturated carbocycles. The van der Waals surface area contributed by atoms with Crippen LogP contribution in [0.1, 0.15) is 60.8 Å². The molecule has 0 saturated heterocycles. The smallest absolute Gasteiger partial charge is 0.0610 e. The highest BCUT2D eigenvalue weighted by molar-refractivity contribution is 4.82. The van der Waals surface area contributed by atoms with Gasteiger partial charge in [0.05, 0.1) is 6.61 Å². The molecule has 0 aliphatic carbocycles. The summed E-state index contributed by atoms with van der Waals surface area (Å²) in [7, 11) is 0. The largest absolute Gasteiger partial charge is 0.394 e. The van der Waals surface area contributed by atoms with E-state index in [4.69, 9.17) is 0 Å². The molecular weight excluding hydrogens is 248 g/mol. The fourth-order valence-electron chi connectivity index (χ4n) is 2.63. The Labute approximate surface area is 127 Å². The standard InChI is InChI=1S/C17H38N2O/c1-7-10-18-17(6,14-20)9-8-11-19(12-15(2)3)13-16(4)5/h15-16,18,20H,7-14H2,1-6H3. The normalized spacial score (nSPS) is 15.3. The monoisotopic (exact) mass is 286 g/mol. The number of nitrogens with zero attached hydrogens (tertiary/aromatic N) is 1. The summed E-state index contributed by atoms with van der Waals surface area (Å²) in [4.78, 5) is 2.58. The van der Waals surface area contributed by atoms with Gasteiger partial charge in [-0.3, -0.25) is 0 Å².